The summed E-state index contributed by atoms with van der Waals surface area (Å²) in [5.74, 6) is -0.582. The molecule has 0 saturated heterocycles. The van der Waals surface area contributed by atoms with Gasteiger partial charge in [0.05, 0.1) is 0 Å². The van der Waals surface area contributed by atoms with E-state index in [1.165, 1.54) is 0 Å². The molecule has 1 aromatic rings. The highest BCUT2D eigenvalue weighted by Crippen LogP contribution is 2.29. The lowest BCUT2D eigenvalue weighted by molar-refractivity contribution is -0.0327. The highest BCUT2D eigenvalue weighted by atomic mass is 32.2. The van der Waals surface area contributed by atoms with Gasteiger partial charge in [0.25, 0.3) is 5.91 Å². The van der Waals surface area contributed by atoms with Crippen LogP contribution in [0.1, 0.15) is 10.4 Å². The van der Waals surface area contributed by atoms with Gasteiger partial charge in [-0.15, -0.1) is 12.6 Å². The smallest absolute Gasteiger partial charge is 0.351 e. The van der Waals surface area contributed by atoms with Crippen LogP contribution in [0.4, 0.5) is 13.2 Å². The van der Waals surface area contributed by atoms with E-state index in [0.29, 0.717) is 10.5 Å². The predicted molar refractivity (Wildman–Crippen MR) is 64.5 cm³/mol. The van der Waals surface area contributed by atoms with E-state index in [-0.39, 0.29) is 30.0 Å². The Bertz CT molecular complexity index is 378. The van der Waals surface area contributed by atoms with Gasteiger partial charge in [0.1, 0.15) is 0 Å². The molecule has 0 unspecified atom stereocenters. The molecule has 0 aliphatic carbocycles. The van der Waals surface area contributed by atoms with Gasteiger partial charge >= 0.3 is 5.51 Å². The van der Waals surface area contributed by atoms with E-state index < -0.39 is 5.51 Å². The third-order valence-corrected chi connectivity index (χ3v) is 2.82. The summed E-state index contributed by atoms with van der Waals surface area (Å²) in [7, 11) is 0. The minimum absolute atomic E-state index is 0.0222. The standard InChI is InChI=1S/C10H10F3NOS2/c11-10(12,13)17-6-5-14-9(15)7-1-3-8(16)4-2-7/h1-4,16H,5-6H2,(H,14,15). The van der Waals surface area contributed by atoms with Crippen LogP contribution in [0.15, 0.2) is 29.2 Å². The quantitative estimate of drug-likeness (QED) is 0.656. The molecular formula is C10H10F3NOS2. The van der Waals surface area contributed by atoms with E-state index in [2.05, 4.69) is 17.9 Å². The van der Waals surface area contributed by atoms with E-state index in [0.717, 1.165) is 0 Å². The fourth-order valence-electron chi connectivity index (χ4n) is 1.05. The van der Waals surface area contributed by atoms with Crippen molar-refractivity contribution in [3.8, 4) is 0 Å². The first-order valence-electron chi connectivity index (χ1n) is 4.66. The molecule has 1 aromatic carbocycles. The van der Waals surface area contributed by atoms with Crippen molar-refractivity contribution in [1.82, 2.24) is 5.32 Å². The van der Waals surface area contributed by atoms with Gasteiger partial charge in [-0.2, -0.15) is 13.2 Å². The average Bonchev–Trinajstić information content (AvgIpc) is 2.24. The fourth-order valence-corrected chi connectivity index (χ4v) is 1.63. The average molecular weight is 281 g/mol. The number of amides is 1. The van der Waals surface area contributed by atoms with Gasteiger partial charge in [0.2, 0.25) is 0 Å². The Balaban J connectivity index is 2.33. The summed E-state index contributed by atoms with van der Waals surface area (Å²) in [4.78, 5) is 12.2. The maximum Gasteiger partial charge on any atom is 0.441 e. The largest absolute Gasteiger partial charge is 0.441 e. The summed E-state index contributed by atoms with van der Waals surface area (Å²) < 4.78 is 35.4. The van der Waals surface area contributed by atoms with E-state index in [1.807, 2.05) is 0 Å². The van der Waals surface area contributed by atoms with Crippen LogP contribution in [0.5, 0.6) is 0 Å². The number of nitrogens with one attached hydrogen (secondary N) is 1. The number of hydrogen-bond acceptors (Lipinski definition) is 3. The number of hydrogen-bond donors (Lipinski definition) is 2. The molecule has 1 rings (SSSR count). The Morgan fingerprint density at radius 3 is 2.41 bits per heavy atom. The van der Waals surface area contributed by atoms with Gasteiger partial charge in [-0.1, -0.05) is 0 Å². The molecule has 0 fully saturated rings. The van der Waals surface area contributed by atoms with Crippen molar-refractivity contribution < 1.29 is 18.0 Å². The lowest BCUT2D eigenvalue weighted by atomic mass is 10.2. The summed E-state index contributed by atoms with van der Waals surface area (Å²) in [6, 6.07) is 6.41. The maximum atomic E-state index is 11.8. The first kappa shape index (κ1) is 14.2. The summed E-state index contributed by atoms with van der Waals surface area (Å²) in [5, 5.41) is 2.41. The molecule has 94 valence electrons. The molecule has 1 N–H and O–H groups in total. The number of rotatable bonds is 4. The van der Waals surface area contributed by atoms with Crippen LogP contribution in [0.3, 0.4) is 0 Å². The van der Waals surface area contributed by atoms with E-state index in [1.54, 1.807) is 24.3 Å². The topological polar surface area (TPSA) is 29.1 Å². The van der Waals surface area contributed by atoms with Crippen molar-refractivity contribution in [3.05, 3.63) is 29.8 Å². The van der Waals surface area contributed by atoms with E-state index in [4.69, 9.17) is 0 Å². The summed E-state index contributed by atoms with van der Waals surface area (Å²) in [5.41, 5.74) is -3.85. The Morgan fingerprint density at radius 1 is 1.29 bits per heavy atom. The Hall–Kier alpha value is -0.820. The van der Waals surface area contributed by atoms with Crippen LogP contribution in [0, 0.1) is 0 Å². The molecule has 7 heteroatoms. The molecule has 0 saturated carbocycles. The third kappa shape index (κ3) is 5.88. The zero-order valence-electron chi connectivity index (χ0n) is 8.62. The van der Waals surface area contributed by atoms with Crippen molar-refractivity contribution in [1.29, 1.82) is 0 Å². The highest BCUT2D eigenvalue weighted by Gasteiger charge is 2.27. The van der Waals surface area contributed by atoms with Crippen molar-refractivity contribution in [2.75, 3.05) is 12.3 Å². The molecular weight excluding hydrogens is 271 g/mol. The number of halogens is 3. The van der Waals surface area contributed by atoms with Gasteiger partial charge in [-0.3, -0.25) is 4.79 Å². The SMILES string of the molecule is O=C(NCCSC(F)(F)F)c1ccc(S)cc1. The van der Waals surface area contributed by atoms with Crippen molar-refractivity contribution in [2.45, 2.75) is 10.4 Å². The number of carbonyl (C=O) groups is 1. The Morgan fingerprint density at radius 2 is 1.88 bits per heavy atom. The van der Waals surface area contributed by atoms with Crippen LogP contribution in [0.25, 0.3) is 0 Å². The molecule has 1 amide bonds. The lowest BCUT2D eigenvalue weighted by Gasteiger charge is -2.07. The van der Waals surface area contributed by atoms with Gasteiger partial charge in [-0.25, -0.2) is 0 Å². The third-order valence-electron chi connectivity index (χ3n) is 1.78. The first-order valence-corrected chi connectivity index (χ1v) is 6.10. The fraction of sp³-hybridized carbons (Fsp3) is 0.300. The zero-order chi connectivity index (χ0) is 12.9. The Labute approximate surface area is 106 Å². The van der Waals surface area contributed by atoms with E-state index >= 15 is 0 Å². The molecule has 2 nitrogen and oxygen atoms in total. The molecule has 0 heterocycles. The predicted octanol–water partition coefficient (Wildman–Crippen LogP) is 2.96. The lowest BCUT2D eigenvalue weighted by Crippen LogP contribution is -2.26. The molecule has 0 radical (unpaired) electrons. The van der Waals surface area contributed by atoms with Crippen molar-refractivity contribution >= 4 is 30.3 Å². The van der Waals surface area contributed by atoms with Crippen LogP contribution < -0.4 is 5.32 Å². The first-order chi connectivity index (χ1) is 7.88. The Kier molecular flexibility index (Phi) is 5.20. The summed E-state index contributed by atoms with van der Waals surface area (Å²) in [6.45, 7) is -0.0222. The van der Waals surface area contributed by atoms with E-state index in [9.17, 15) is 18.0 Å². The minimum atomic E-state index is -4.25. The highest BCUT2D eigenvalue weighted by molar-refractivity contribution is 8.00. The second-order valence-electron chi connectivity index (χ2n) is 3.10. The molecule has 0 aliphatic rings. The van der Waals surface area contributed by atoms with Gasteiger partial charge in [-0.05, 0) is 36.0 Å². The molecule has 0 atom stereocenters. The maximum absolute atomic E-state index is 11.8. The van der Waals surface area contributed by atoms with Crippen LogP contribution >= 0.6 is 24.4 Å². The summed E-state index contributed by atoms with van der Waals surface area (Å²) in [6.07, 6.45) is 0. The number of alkyl halides is 3. The molecule has 0 aromatic heterocycles. The second kappa shape index (κ2) is 6.20. The number of benzene rings is 1. The summed E-state index contributed by atoms with van der Waals surface area (Å²) >= 11 is 3.90. The molecule has 0 bridgehead atoms. The normalized spacial score (nSPS) is 11.3. The van der Waals surface area contributed by atoms with Crippen LogP contribution in [-0.4, -0.2) is 23.7 Å². The van der Waals surface area contributed by atoms with Gasteiger partial charge < -0.3 is 5.32 Å². The molecule has 0 aliphatic heterocycles. The number of thiol groups is 1. The molecule has 17 heavy (non-hydrogen) atoms. The number of carbonyl (C=O) groups excluding carboxylic acids is 1. The molecule has 0 spiro atoms. The van der Waals surface area contributed by atoms with Gasteiger partial charge in [0.15, 0.2) is 0 Å². The van der Waals surface area contributed by atoms with Gasteiger partial charge in [0, 0.05) is 22.8 Å². The van der Waals surface area contributed by atoms with Crippen molar-refractivity contribution in [2.24, 2.45) is 0 Å². The number of thioether (sulfide) groups is 1. The second-order valence-corrected chi connectivity index (χ2v) is 4.77. The monoisotopic (exact) mass is 281 g/mol. The van der Waals surface area contributed by atoms with Crippen molar-refractivity contribution in [3.63, 3.8) is 0 Å². The van der Waals surface area contributed by atoms with Crippen LogP contribution in [-0.2, 0) is 0 Å². The zero-order valence-corrected chi connectivity index (χ0v) is 10.3. The minimum Gasteiger partial charge on any atom is -0.351 e. The van der Waals surface area contributed by atoms with Crippen LogP contribution in [0.2, 0.25) is 0 Å².